The molecule has 0 aliphatic carbocycles. The number of halogens is 7. The molecule has 0 aliphatic rings. The van der Waals surface area contributed by atoms with E-state index < -0.39 is 28.7 Å². The van der Waals surface area contributed by atoms with Crippen LogP contribution in [-0.2, 0) is 0 Å². The van der Waals surface area contributed by atoms with E-state index in [4.69, 9.17) is 23.2 Å². The zero-order valence-corrected chi connectivity index (χ0v) is 8.76. The molecule has 0 aliphatic heterocycles. The van der Waals surface area contributed by atoms with E-state index in [0.29, 0.717) is 12.1 Å². The SMILES string of the molecule is Fc1cc(Cl)cc(F)c1N=C(Cl)C(F)(F)F. The molecular weight excluding hydrogens is 276 g/mol. The van der Waals surface area contributed by atoms with Crippen LogP contribution in [0.5, 0.6) is 0 Å². The lowest BCUT2D eigenvalue weighted by atomic mass is 10.3. The summed E-state index contributed by atoms with van der Waals surface area (Å²) in [5.41, 5.74) is -1.13. The summed E-state index contributed by atoms with van der Waals surface area (Å²) in [7, 11) is 0. The quantitative estimate of drug-likeness (QED) is 0.531. The molecule has 0 aromatic heterocycles. The fourth-order valence-electron chi connectivity index (χ4n) is 0.803. The summed E-state index contributed by atoms with van der Waals surface area (Å²) in [6, 6.07) is 1.26. The maximum absolute atomic E-state index is 13.0. The topological polar surface area (TPSA) is 12.4 Å². The van der Waals surface area contributed by atoms with E-state index in [9.17, 15) is 22.0 Å². The van der Waals surface area contributed by atoms with Crippen LogP contribution < -0.4 is 0 Å². The first-order valence-corrected chi connectivity index (χ1v) is 4.43. The van der Waals surface area contributed by atoms with Gasteiger partial charge in [0.05, 0.1) is 0 Å². The predicted molar refractivity (Wildman–Crippen MR) is 50.4 cm³/mol. The van der Waals surface area contributed by atoms with Gasteiger partial charge in [-0.3, -0.25) is 0 Å². The van der Waals surface area contributed by atoms with E-state index in [1.54, 1.807) is 0 Å². The molecular formula is C8H2Cl2F5N. The van der Waals surface area contributed by atoms with Crippen LogP contribution in [0.15, 0.2) is 17.1 Å². The second kappa shape index (κ2) is 4.55. The van der Waals surface area contributed by atoms with Crippen molar-refractivity contribution in [3.05, 3.63) is 28.8 Å². The molecule has 0 saturated carbocycles. The van der Waals surface area contributed by atoms with Crippen LogP contribution in [0, 0.1) is 11.6 Å². The van der Waals surface area contributed by atoms with Crippen LogP contribution in [-0.4, -0.2) is 11.3 Å². The van der Waals surface area contributed by atoms with Gasteiger partial charge in [-0.15, -0.1) is 0 Å². The number of aliphatic imine (C=N–C) groups is 1. The van der Waals surface area contributed by atoms with Crippen LogP contribution in [0.3, 0.4) is 0 Å². The zero-order valence-electron chi connectivity index (χ0n) is 7.25. The van der Waals surface area contributed by atoms with Crippen molar-refractivity contribution >= 4 is 34.1 Å². The summed E-state index contributed by atoms with van der Waals surface area (Å²) in [5.74, 6) is -2.65. The Morgan fingerprint density at radius 2 is 1.56 bits per heavy atom. The molecule has 1 nitrogen and oxygen atoms in total. The smallest absolute Gasteiger partial charge is 0.226 e. The number of hydrogen-bond donors (Lipinski definition) is 0. The maximum Gasteiger partial charge on any atom is 0.444 e. The molecule has 1 rings (SSSR count). The van der Waals surface area contributed by atoms with E-state index in [2.05, 4.69) is 4.99 Å². The Morgan fingerprint density at radius 3 is 1.94 bits per heavy atom. The summed E-state index contributed by atoms with van der Waals surface area (Å²) in [6.45, 7) is 0. The minimum Gasteiger partial charge on any atom is -0.226 e. The fourth-order valence-corrected chi connectivity index (χ4v) is 1.08. The van der Waals surface area contributed by atoms with Crippen LogP contribution in [0.25, 0.3) is 0 Å². The highest BCUT2D eigenvalue weighted by molar-refractivity contribution is 6.67. The molecule has 0 saturated heterocycles. The van der Waals surface area contributed by atoms with Gasteiger partial charge in [0.1, 0.15) is 5.69 Å². The largest absolute Gasteiger partial charge is 0.444 e. The maximum atomic E-state index is 13.0. The molecule has 0 spiro atoms. The first-order valence-electron chi connectivity index (χ1n) is 3.67. The molecule has 0 atom stereocenters. The van der Waals surface area contributed by atoms with Gasteiger partial charge in [-0.2, -0.15) is 13.2 Å². The first kappa shape index (κ1) is 13.2. The number of benzene rings is 1. The number of hydrogen-bond acceptors (Lipinski definition) is 1. The van der Waals surface area contributed by atoms with E-state index in [1.807, 2.05) is 0 Å². The summed E-state index contributed by atoms with van der Waals surface area (Å²) in [6.07, 6.45) is -4.96. The Bertz CT molecular complexity index is 418. The molecule has 0 amide bonds. The summed E-state index contributed by atoms with van der Waals surface area (Å²) in [4.78, 5) is 2.62. The van der Waals surface area contributed by atoms with Gasteiger partial charge in [0, 0.05) is 5.02 Å². The Hall–Kier alpha value is -0.880. The van der Waals surface area contributed by atoms with E-state index in [1.165, 1.54) is 0 Å². The molecule has 88 valence electrons. The Labute approximate surface area is 96.5 Å². The molecule has 16 heavy (non-hydrogen) atoms. The normalized spacial score (nSPS) is 13.1. The molecule has 1 aromatic rings. The van der Waals surface area contributed by atoms with Gasteiger partial charge in [0.15, 0.2) is 11.6 Å². The van der Waals surface area contributed by atoms with Crippen molar-refractivity contribution in [1.82, 2.24) is 0 Å². The molecule has 0 fully saturated rings. The number of nitrogens with zero attached hydrogens (tertiary/aromatic N) is 1. The van der Waals surface area contributed by atoms with Crippen molar-refractivity contribution in [1.29, 1.82) is 0 Å². The number of alkyl halides is 3. The van der Waals surface area contributed by atoms with Crippen molar-refractivity contribution in [3.8, 4) is 0 Å². The highest BCUT2D eigenvalue weighted by Gasteiger charge is 2.35. The third-order valence-electron chi connectivity index (χ3n) is 1.43. The standard InChI is InChI=1S/C8H2Cl2F5N/c9-3-1-4(11)6(5(12)2-3)16-7(10)8(13,14)15/h1-2H. The highest BCUT2D eigenvalue weighted by Crippen LogP contribution is 2.29. The highest BCUT2D eigenvalue weighted by atomic mass is 35.5. The van der Waals surface area contributed by atoms with Gasteiger partial charge < -0.3 is 0 Å². The average Bonchev–Trinajstić information content (AvgIpc) is 2.08. The lowest BCUT2D eigenvalue weighted by Gasteiger charge is -2.04. The lowest BCUT2D eigenvalue weighted by molar-refractivity contribution is -0.0558. The van der Waals surface area contributed by atoms with Crippen molar-refractivity contribution in [2.24, 2.45) is 4.99 Å². The molecule has 0 heterocycles. The number of rotatable bonds is 1. The molecule has 8 heteroatoms. The fraction of sp³-hybridized carbons (Fsp3) is 0.125. The van der Waals surface area contributed by atoms with Crippen LogP contribution in [0.1, 0.15) is 0 Å². The second-order valence-electron chi connectivity index (χ2n) is 2.62. The summed E-state index contributed by atoms with van der Waals surface area (Å²) in [5, 5.41) is -2.16. The third kappa shape index (κ3) is 3.05. The second-order valence-corrected chi connectivity index (χ2v) is 3.41. The van der Waals surface area contributed by atoms with Crippen molar-refractivity contribution in [2.45, 2.75) is 6.18 Å². The summed E-state index contributed by atoms with van der Waals surface area (Å²) < 4.78 is 61.8. The monoisotopic (exact) mass is 277 g/mol. The van der Waals surface area contributed by atoms with Crippen molar-refractivity contribution < 1.29 is 22.0 Å². The van der Waals surface area contributed by atoms with Gasteiger partial charge in [-0.05, 0) is 12.1 Å². The summed E-state index contributed by atoms with van der Waals surface area (Å²) >= 11 is 10.00. The Balaban J connectivity index is 3.26. The van der Waals surface area contributed by atoms with Gasteiger partial charge in [-0.25, -0.2) is 13.8 Å². The van der Waals surface area contributed by atoms with Crippen molar-refractivity contribution in [2.75, 3.05) is 0 Å². The molecule has 0 N–H and O–H groups in total. The Morgan fingerprint density at radius 1 is 1.12 bits per heavy atom. The Kier molecular flexibility index (Phi) is 3.75. The molecule has 0 bridgehead atoms. The average molecular weight is 278 g/mol. The minimum atomic E-state index is -4.96. The van der Waals surface area contributed by atoms with Crippen LogP contribution in [0.4, 0.5) is 27.6 Å². The molecule has 1 aromatic carbocycles. The van der Waals surface area contributed by atoms with E-state index >= 15 is 0 Å². The molecule has 0 radical (unpaired) electrons. The zero-order chi connectivity index (χ0) is 12.5. The van der Waals surface area contributed by atoms with E-state index in [-0.39, 0.29) is 5.02 Å². The lowest BCUT2D eigenvalue weighted by Crippen LogP contribution is -2.16. The van der Waals surface area contributed by atoms with Gasteiger partial charge in [-0.1, -0.05) is 23.2 Å². The minimum absolute atomic E-state index is 0.294. The van der Waals surface area contributed by atoms with Crippen molar-refractivity contribution in [3.63, 3.8) is 0 Å². The molecule has 0 unspecified atom stereocenters. The predicted octanol–water partition coefficient (Wildman–Crippen LogP) is 4.45. The van der Waals surface area contributed by atoms with E-state index in [0.717, 1.165) is 0 Å². The van der Waals surface area contributed by atoms with Gasteiger partial charge in [0.2, 0.25) is 5.17 Å². The van der Waals surface area contributed by atoms with Gasteiger partial charge in [0.25, 0.3) is 0 Å². The van der Waals surface area contributed by atoms with Gasteiger partial charge >= 0.3 is 6.18 Å². The third-order valence-corrected chi connectivity index (χ3v) is 1.94. The first-order chi connectivity index (χ1) is 7.21. The van der Waals surface area contributed by atoms with Crippen LogP contribution >= 0.6 is 23.2 Å². The van der Waals surface area contributed by atoms with Crippen LogP contribution in [0.2, 0.25) is 5.02 Å².